The summed E-state index contributed by atoms with van der Waals surface area (Å²) in [7, 11) is 1.52. The second kappa shape index (κ2) is 15.8. The van der Waals surface area contributed by atoms with Gasteiger partial charge in [0, 0.05) is 12.5 Å². The van der Waals surface area contributed by atoms with E-state index in [9.17, 15) is 28.8 Å². The first-order chi connectivity index (χ1) is 24.4. The smallest absolute Gasteiger partial charge is 0.343 e. The number of methoxy groups -OCH3 is 1. The summed E-state index contributed by atoms with van der Waals surface area (Å²) in [5, 5.41) is 0. The molecule has 0 aromatic heterocycles. The van der Waals surface area contributed by atoms with Gasteiger partial charge >= 0.3 is 23.9 Å². The minimum Gasteiger partial charge on any atom is -0.497 e. The third-order valence-corrected chi connectivity index (χ3v) is 7.72. The number of benzene rings is 4. The summed E-state index contributed by atoms with van der Waals surface area (Å²) in [6.07, 6.45) is -1.31. The van der Waals surface area contributed by atoms with Gasteiger partial charge in [-0.05, 0) is 104 Å². The molecule has 1 fully saturated rings. The van der Waals surface area contributed by atoms with Gasteiger partial charge < -0.3 is 23.7 Å². The van der Waals surface area contributed by atoms with Crippen LogP contribution in [0.2, 0.25) is 0 Å². The lowest BCUT2D eigenvalue weighted by atomic mass is 10.1. The highest BCUT2D eigenvalue weighted by molar-refractivity contribution is 6.28. The topological polar surface area (TPSA) is 152 Å². The van der Waals surface area contributed by atoms with Crippen molar-refractivity contribution in [3.05, 3.63) is 125 Å². The summed E-state index contributed by atoms with van der Waals surface area (Å²) in [5.41, 5.74) is 2.55. The van der Waals surface area contributed by atoms with Gasteiger partial charge in [-0.2, -0.15) is 0 Å². The third kappa shape index (κ3) is 8.92. The molecular formula is C39H33NO11. The molecular weight excluding hydrogens is 658 g/mol. The zero-order valence-corrected chi connectivity index (χ0v) is 28.2. The first kappa shape index (κ1) is 35.7. The Morgan fingerprint density at radius 2 is 1.12 bits per heavy atom. The van der Waals surface area contributed by atoms with Gasteiger partial charge in [0.2, 0.25) is 5.91 Å². The normalized spacial score (nSPS) is 12.9. The van der Waals surface area contributed by atoms with Gasteiger partial charge in [0.1, 0.15) is 29.1 Å². The van der Waals surface area contributed by atoms with E-state index in [2.05, 4.69) is 0 Å². The van der Waals surface area contributed by atoms with E-state index in [1.54, 1.807) is 50.2 Å². The Labute approximate surface area is 293 Å². The summed E-state index contributed by atoms with van der Waals surface area (Å²) in [6, 6.07) is 24.3. The average Bonchev–Trinajstić information content (AvgIpc) is 3.42. The molecule has 1 atom stereocenters. The van der Waals surface area contributed by atoms with Crippen molar-refractivity contribution in [1.82, 2.24) is 0 Å². The van der Waals surface area contributed by atoms with E-state index in [4.69, 9.17) is 23.7 Å². The van der Waals surface area contributed by atoms with Crippen LogP contribution in [0.15, 0.2) is 108 Å². The number of anilines is 1. The Morgan fingerprint density at radius 3 is 1.59 bits per heavy atom. The van der Waals surface area contributed by atoms with Crippen LogP contribution >= 0.6 is 0 Å². The highest BCUT2D eigenvalue weighted by Crippen LogP contribution is 2.30. The number of hydrogen-bond donors (Lipinski definition) is 0. The van der Waals surface area contributed by atoms with Crippen LogP contribution in [-0.4, -0.2) is 42.8 Å². The van der Waals surface area contributed by atoms with Crippen molar-refractivity contribution in [2.45, 2.75) is 39.7 Å². The van der Waals surface area contributed by atoms with Crippen LogP contribution in [0.3, 0.4) is 0 Å². The quantitative estimate of drug-likeness (QED) is 0.0751. The third-order valence-electron chi connectivity index (χ3n) is 7.72. The minimum absolute atomic E-state index is 0.0275. The molecule has 4 aromatic carbocycles. The van der Waals surface area contributed by atoms with E-state index in [1.165, 1.54) is 74.7 Å². The molecule has 4 aromatic rings. The van der Waals surface area contributed by atoms with Crippen molar-refractivity contribution in [3.8, 4) is 23.0 Å². The van der Waals surface area contributed by atoms with Crippen LogP contribution in [0.25, 0.3) is 0 Å². The van der Waals surface area contributed by atoms with Crippen molar-refractivity contribution in [2.75, 3.05) is 12.0 Å². The highest BCUT2D eigenvalue weighted by Gasteiger charge is 2.35. The molecule has 260 valence electrons. The Balaban J connectivity index is 1.16. The summed E-state index contributed by atoms with van der Waals surface area (Å²) >= 11 is 0. The van der Waals surface area contributed by atoms with Crippen LogP contribution < -0.4 is 23.8 Å². The van der Waals surface area contributed by atoms with Crippen LogP contribution in [0, 0.1) is 0 Å². The van der Waals surface area contributed by atoms with Crippen molar-refractivity contribution < 1.29 is 52.5 Å². The van der Waals surface area contributed by atoms with E-state index in [0.717, 1.165) is 10.5 Å². The molecule has 12 nitrogen and oxygen atoms in total. The van der Waals surface area contributed by atoms with Gasteiger partial charge in [-0.25, -0.2) is 14.5 Å². The number of esters is 4. The molecule has 0 radical (unpaired) electrons. The van der Waals surface area contributed by atoms with Gasteiger partial charge in [0.15, 0.2) is 0 Å². The molecule has 5 rings (SSSR count). The fourth-order valence-electron chi connectivity index (χ4n) is 5.09. The van der Waals surface area contributed by atoms with E-state index in [-0.39, 0.29) is 47.5 Å². The standard InChI is InChI=1S/C39H33NO11/c1-23(2)33-21-35(42)40(37(33)44)28-11-19-30(20-12-28)49-36(43)22-34(48-24(3)41)25-5-15-31(16-6-25)50-39(46)27-9-17-32(18-10-27)51-38(45)26-7-13-29(47-4)14-8-26/h5-20,34H,21-22H2,1-4H3. The Kier molecular flexibility index (Phi) is 11.1. The molecule has 1 aliphatic rings. The lowest BCUT2D eigenvalue weighted by molar-refractivity contribution is -0.150. The molecule has 1 unspecified atom stereocenters. The van der Waals surface area contributed by atoms with Crippen LogP contribution in [0.5, 0.6) is 23.0 Å². The summed E-state index contributed by atoms with van der Waals surface area (Å²) in [6.45, 7) is 4.75. The maximum atomic E-state index is 12.8. The van der Waals surface area contributed by atoms with Crippen molar-refractivity contribution in [2.24, 2.45) is 0 Å². The maximum Gasteiger partial charge on any atom is 0.343 e. The number of allylic oxidation sites excluding steroid dienone is 1. The predicted octanol–water partition coefficient (Wildman–Crippen LogP) is 6.33. The van der Waals surface area contributed by atoms with Gasteiger partial charge in [-0.3, -0.25) is 19.2 Å². The second-order valence-corrected chi connectivity index (χ2v) is 11.6. The zero-order valence-electron chi connectivity index (χ0n) is 28.2. The van der Waals surface area contributed by atoms with Gasteiger partial charge in [0.05, 0.1) is 36.8 Å². The van der Waals surface area contributed by atoms with Crippen LogP contribution in [0.1, 0.15) is 66.0 Å². The number of carbonyl (C=O) groups excluding carboxylic acids is 6. The van der Waals surface area contributed by atoms with Crippen molar-refractivity contribution in [3.63, 3.8) is 0 Å². The molecule has 51 heavy (non-hydrogen) atoms. The number of rotatable bonds is 11. The van der Waals surface area contributed by atoms with Crippen LogP contribution in [0.4, 0.5) is 5.69 Å². The fraction of sp³-hybridized carbons (Fsp3) is 0.179. The molecule has 1 aliphatic heterocycles. The van der Waals surface area contributed by atoms with Gasteiger partial charge in [0.25, 0.3) is 5.91 Å². The molecule has 0 bridgehead atoms. The number of amides is 2. The number of nitrogens with zero attached hydrogens (tertiary/aromatic N) is 1. The van der Waals surface area contributed by atoms with Crippen molar-refractivity contribution in [1.29, 1.82) is 0 Å². The SMILES string of the molecule is COc1ccc(C(=O)Oc2ccc(C(=O)Oc3ccc(C(CC(=O)Oc4ccc(N5C(=O)CC(=C(C)C)C5=O)cc4)OC(C)=O)cc3)cc2)cc1. The summed E-state index contributed by atoms with van der Waals surface area (Å²) in [4.78, 5) is 76.1. The van der Waals surface area contributed by atoms with E-state index >= 15 is 0 Å². The predicted molar refractivity (Wildman–Crippen MR) is 182 cm³/mol. The Hall–Kier alpha value is -6.56. The molecule has 1 heterocycles. The molecule has 0 N–H and O–H groups in total. The van der Waals surface area contributed by atoms with Gasteiger partial charge in [-0.1, -0.05) is 17.7 Å². The lowest BCUT2D eigenvalue weighted by Crippen LogP contribution is -2.29. The van der Waals surface area contributed by atoms with Crippen molar-refractivity contribution >= 4 is 41.4 Å². The second-order valence-electron chi connectivity index (χ2n) is 11.6. The number of ether oxygens (including phenoxy) is 5. The lowest BCUT2D eigenvalue weighted by Gasteiger charge is -2.17. The highest BCUT2D eigenvalue weighted by atomic mass is 16.6. The Morgan fingerprint density at radius 1 is 0.647 bits per heavy atom. The molecule has 0 spiro atoms. The molecule has 12 heteroatoms. The minimum atomic E-state index is -1.01. The largest absolute Gasteiger partial charge is 0.497 e. The monoisotopic (exact) mass is 691 g/mol. The van der Waals surface area contributed by atoms with E-state index < -0.39 is 30.0 Å². The Bertz CT molecular complexity index is 1990. The summed E-state index contributed by atoms with van der Waals surface area (Å²) in [5.74, 6) is -2.10. The molecule has 1 saturated heterocycles. The average molecular weight is 692 g/mol. The molecule has 2 amide bonds. The van der Waals surface area contributed by atoms with Crippen LogP contribution in [-0.2, 0) is 23.9 Å². The first-order valence-corrected chi connectivity index (χ1v) is 15.7. The van der Waals surface area contributed by atoms with E-state index in [1.807, 2.05) is 0 Å². The van der Waals surface area contributed by atoms with Gasteiger partial charge in [-0.15, -0.1) is 0 Å². The number of carbonyl (C=O) groups is 6. The molecule has 0 aliphatic carbocycles. The fourth-order valence-corrected chi connectivity index (χ4v) is 5.09. The first-order valence-electron chi connectivity index (χ1n) is 15.7. The zero-order chi connectivity index (χ0) is 36.7. The van der Waals surface area contributed by atoms with E-state index in [0.29, 0.717) is 28.1 Å². The summed E-state index contributed by atoms with van der Waals surface area (Å²) < 4.78 is 26.7. The number of hydrogen-bond acceptors (Lipinski definition) is 11. The maximum absolute atomic E-state index is 12.8. The number of imide groups is 1. The molecule has 0 saturated carbocycles.